The number of nitrogens with zero attached hydrogens (tertiary/aromatic N) is 3. The third kappa shape index (κ3) is 2.58. The van der Waals surface area contributed by atoms with Crippen LogP contribution in [0.5, 0.6) is 0 Å². The van der Waals surface area contributed by atoms with E-state index in [9.17, 15) is 0 Å². The van der Waals surface area contributed by atoms with Crippen LogP contribution in [0.1, 0.15) is 29.2 Å². The molecule has 2 aromatic rings. The van der Waals surface area contributed by atoms with E-state index in [-0.39, 0.29) is 6.04 Å². The molecule has 0 aliphatic carbocycles. The molecule has 0 aromatic carbocycles. The zero-order valence-electron chi connectivity index (χ0n) is 10.8. The second-order valence-electron chi connectivity index (χ2n) is 4.13. The largest absolute Gasteiger partial charge is 0.312 e. The van der Waals surface area contributed by atoms with Gasteiger partial charge in [-0.2, -0.15) is 5.10 Å². The van der Waals surface area contributed by atoms with Gasteiger partial charge in [0.15, 0.2) is 0 Å². The molecule has 1 atom stereocenters. The van der Waals surface area contributed by atoms with Crippen molar-refractivity contribution >= 4 is 22.9 Å². The Morgan fingerprint density at radius 3 is 2.89 bits per heavy atom. The molecule has 0 radical (unpaired) electrons. The van der Waals surface area contributed by atoms with Crippen LogP contribution in [0, 0.1) is 6.92 Å². The summed E-state index contributed by atoms with van der Waals surface area (Å²) in [4.78, 5) is 5.48. The fourth-order valence-electron chi connectivity index (χ4n) is 1.90. The summed E-state index contributed by atoms with van der Waals surface area (Å²) in [5, 5.41) is 10.5. The summed E-state index contributed by atoms with van der Waals surface area (Å²) in [6.45, 7) is 4.93. The highest BCUT2D eigenvalue weighted by atomic mass is 35.5. The Bertz CT molecular complexity index is 520. The molecule has 0 amide bonds. The smallest absolute Gasteiger partial charge is 0.138 e. The molecule has 98 valence electrons. The number of nitrogens with one attached hydrogen (secondary N) is 1. The van der Waals surface area contributed by atoms with Crippen LogP contribution in [0.4, 0.5) is 0 Å². The first-order valence-corrected chi connectivity index (χ1v) is 7.20. The molecule has 1 N–H and O–H groups in total. The van der Waals surface area contributed by atoms with Gasteiger partial charge in [0, 0.05) is 23.9 Å². The number of aromatic nitrogens is 3. The monoisotopic (exact) mass is 284 g/mol. The molecule has 18 heavy (non-hydrogen) atoms. The standard InChI is InChI=1S/C12H17ClN4S/c1-4-17-10(15-7-16-17)5-9(14-3)12-11(13)8(2)6-18-12/h6-7,9,14H,4-5H2,1-3H3. The van der Waals surface area contributed by atoms with Gasteiger partial charge in [0.05, 0.1) is 5.02 Å². The van der Waals surface area contributed by atoms with E-state index in [2.05, 4.69) is 27.7 Å². The van der Waals surface area contributed by atoms with Gasteiger partial charge in [0.25, 0.3) is 0 Å². The van der Waals surface area contributed by atoms with Gasteiger partial charge in [0.2, 0.25) is 0 Å². The highest BCUT2D eigenvalue weighted by Gasteiger charge is 2.19. The number of hydrogen-bond donors (Lipinski definition) is 1. The van der Waals surface area contributed by atoms with Gasteiger partial charge in [-0.15, -0.1) is 11.3 Å². The van der Waals surface area contributed by atoms with Crippen LogP contribution in [-0.2, 0) is 13.0 Å². The second-order valence-corrected chi connectivity index (χ2v) is 5.42. The topological polar surface area (TPSA) is 42.7 Å². The number of halogens is 1. The van der Waals surface area contributed by atoms with Crippen molar-refractivity contribution in [3.8, 4) is 0 Å². The lowest BCUT2D eigenvalue weighted by atomic mass is 10.1. The van der Waals surface area contributed by atoms with Crippen molar-refractivity contribution in [1.29, 1.82) is 0 Å². The van der Waals surface area contributed by atoms with Gasteiger partial charge in [-0.1, -0.05) is 11.6 Å². The lowest BCUT2D eigenvalue weighted by molar-refractivity contribution is 0.539. The second kappa shape index (κ2) is 5.82. The third-order valence-electron chi connectivity index (χ3n) is 2.97. The molecule has 0 bridgehead atoms. The molecule has 4 nitrogen and oxygen atoms in total. The fraction of sp³-hybridized carbons (Fsp3) is 0.500. The highest BCUT2D eigenvalue weighted by molar-refractivity contribution is 7.10. The Hall–Kier alpha value is -0.910. The van der Waals surface area contributed by atoms with E-state index < -0.39 is 0 Å². The van der Waals surface area contributed by atoms with Crippen molar-refractivity contribution in [2.45, 2.75) is 32.9 Å². The van der Waals surface area contributed by atoms with Gasteiger partial charge < -0.3 is 5.32 Å². The van der Waals surface area contributed by atoms with Crippen LogP contribution in [-0.4, -0.2) is 21.8 Å². The Morgan fingerprint density at radius 2 is 2.33 bits per heavy atom. The Balaban J connectivity index is 2.22. The summed E-state index contributed by atoms with van der Waals surface area (Å²) in [6.07, 6.45) is 2.40. The Kier molecular flexibility index (Phi) is 4.37. The summed E-state index contributed by atoms with van der Waals surface area (Å²) in [7, 11) is 1.95. The average Bonchev–Trinajstić information content (AvgIpc) is 2.95. The van der Waals surface area contributed by atoms with Crippen LogP contribution in [0.3, 0.4) is 0 Å². The van der Waals surface area contributed by atoms with Crippen LogP contribution >= 0.6 is 22.9 Å². The summed E-state index contributed by atoms with van der Waals surface area (Å²) >= 11 is 8.02. The first-order chi connectivity index (χ1) is 8.67. The van der Waals surface area contributed by atoms with Gasteiger partial charge in [-0.25, -0.2) is 4.98 Å². The molecular weight excluding hydrogens is 268 g/mol. The van der Waals surface area contributed by atoms with Crippen LogP contribution in [0.25, 0.3) is 0 Å². The zero-order chi connectivity index (χ0) is 13.1. The molecule has 0 saturated carbocycles. The maximum atomic E-state index is 6.32. The molecule has 0 spiro atoms. The molecule has 1 unspecified atom stereocenters. The molecule has 0 aliphatic heterocycles. The van der Waals surface area contributed by atoms with Crippen molar-refractivity contribution in [2.24, 2.45) is 0 Å². The Labute approximate surface area is 116 Å². The lowest BCUT2D eigenvalue weighted by Crippen LogP contribution is -2.20. The van der Waals surface area contributed by atoms with E-state index in [1.807, 2.05) is 18.7 Å². The molecule has 2 heterocycles. The first kappa shape index (κ1) is 13.5. The minimum Gasteiger partial charge on any atom is -0.312 e. The van der Waals surface area contributed by atoms with Gasteiger partial charge >= 0.3 is 0 Å². The van der Waals surface area contributed by atoms with E-state index in [1.54, 1.807) is 17.7 Å². The summed E-state index contributed by atoms with van der Waals surface area (Å²) in [6, 6.07) is 0.186. The first-order valence-electron chi connectivity index (χ1n) is 5.94. The molecule has 0 fully saturated rings. The van der Waals surface area contributed by atoms with Crippen molar-refractivity contribution in [3.63, 3.8) is 0 Å². The average molecular weight is 285 g/mol. The van der Waals surface area contributed by atoms with Crippen molar-refractivity contribution < 1.29 is 0 Å². The normalized spacial score (nSPS) is 12.9. The predicted molar refractivity (Wildman–Crippen MR) is 75.3 cm³/mol. The van der Waals surface area contributed by atoms with Crippen LogP contribution in [0.15, 0.2) is 11.7 Å². The molecule has 0 aliphatic rings. The van der Waals surface area contributed by atoms with E-state index in [0.717, 1.165) is 29.4 Å². The Morgan fingerprint density at radius 1 is 1.56 bits per heavy atom. The summed E-state index contributed by atoms with van der Waals surface area (Å²) in [5.74, 6) is 0.985. The van der Waals surface area contributed by atoms with E-state index in [4.69, 9.17) is 11.6 Å². The summed E-state index contributed by atoms with van der Waals surface area (Å²) < 4.78 is 1.92. The van der Waals surface area contributed by atoms with Crippen LogP contribution < -0.4 is 5.32 Å². The number of likely N-dealkylation sites (N-methyl/N-ethyl adjacent to an activating group) is 1. The number of hydrogen-bond acceptors (Lipinski definition) is 4. The SMILES string of the molecule is CCn1ncnc1CC(NC)c1scc(C)c1Cl. The predicted octanol–water partition coefficient (Wildman–Crippen LogP) is 2.82. The molecule has 2 aromatic heterocycles. The van der Waals surface area contributed by atoms with Crippen molar-refractivity contribution in [2.75, 3.05) is 7.05 Å². The lowest BCUT2D eigenvalue weighted by Gasteiger charge is -2.15. The molecule has 0 saturated heterocycles. The summed E-state index contributed by atoms with van der Waals surface area (Å²) in [5.41, 5.74) is 1.13. The fourth-order valence-corrected chi connectivity index (χ4v) is 3.34. The van der Waals surface area contributed by atoms with Crippen molar-refractivity contribution in [1.82, 2.24) is 20.1 Å². The van der Waals surface area contributed by atoms with Gasteiger partial charge in [0.1, 0.15) is 12.2 Å². The quantitative estimate of drug-likeness (QED) is 0.918. The van der Waals surface area contributed by atoms with E-state index in [0.29, 0.717) is 0 Å². The van der Waals surface area contributed by atoms with E-state index in [1.165, 1.54) is 4.88 Å². The van der Waals surface area contributed by atoms with Crippen molar-refractivity contribution in [3.05, 3.63) is 33.0 Å². The number of thiophene rings is 1. The van der Waals surface area contributed by atoms with Gasteiger partial charge in [-0.05, 0) is 31.8 Å². The third-order valence-corrected chi connectivity index (χ3v) is 4.80. The molecule has 6 heteroatoms. The van der Waals surface area contributed by atoms with Crippen LogP contribution in [0.2, 0.25) is 5.02 Å². The maximum Gasteiger partial charge on any atom is 0.138 e. The zero-order valence-corrected chi connectivity index (χ0v) is 12.3. The number of rotatable bonds is 5. The molecular formula is C12H17ClN4S. The minimum atomic E-state index is 0.186. The van der Waals surface area contributed by atoms with Gasteiger partial charge in [-0.3, -0.25) is 4.68 Å². The minimum absolute atomic E-state index is 0.186. The molecule has 2 rings (SSSR count). The maximum absolute atomic E-state index is 6.32. The van der Waals surface area contributed by atoms with E-state index >= 15 is 0 Å². The number of aryl methyl sites for hydroxylation is 2. The highest BCUT2D eigenvalue weighted by Crippen LogP contribution is 2.33.